The van der Waals surface area contributed by atoms with Crippen molar-refractivity contribution >= 4 is 5.96 Å². The monoisotopic (exact) mass is 372 g/mol. The van der Waals surface area contributed by atoms with Crippen LogP contribution in [0.25, 0.3) is 0 Å². The molecule has 0 bridgehead atoms. The second-order valence-corrected chi connectivity index (χ2v) is 6.70. The lowest BCUT2D eigenvalue weighted by molar-refractivity contribution is 0.392. The van der Waals surface area contributed by atoms with Gasteiger partial charge in [-0.3, -0.25) is 4.99 Å². The lowest BCUT2D eigenvalue weighted by atomic mass is 9.98. The molecule has 0 amide bonds. The molecule has 0 saturated heterocycles. The SMILES string of the molecule is CCNC(=NCCC(C)c1ccc(OC)cc1)NCCc1c(C)noc1C. The van der Waals surface area contributed by atoms with Crippen molar-refractivity contribution in [1.29, 1.82) is 0 Å². The van der Waals surface area contributed by atoms with Gasteiger partial charge in [0.2, 0.25) is 0 Å². The second kappa shape index (κ2) is 10.6. The molecule has 0 radical (unpaired) electrons. The smallest absolute Gasteiger partial charge is 0.191 e. The fraction of sp³-hybridized carbons (Fsp3) is 0.524. The van der Waals surface area contributed by atoms with Crippen molar-refractivity contribution in [3.8, 4) is 5.75 Å². The molecule has 1 unspecified atom stereocenters. The zero-order valence-corrected chi connectivity index (χ0v) is 17.1. The van der Waals surface area contributed by atoms with Gasteiger partial charge >= 0.3 is 0 Å². The largest absolute Gasteiger partial charge is 0.497 e. The van der Waals surface area contributed by atoms with E-state index in [0.717, 1.165) is 55.6 Å². The standard InChI is InChI=1S/C21H32N4O2/c1-6-22-21(24-14-12-20-16(3)25-27-17(20)4)23-13-11-15(2)18-7-9-19(26-5)10-8-18/h7-10,15H,6,11-14H2,1-5H3,(H2,22,23,24). The third kappa shape index (κ3) is 6.31. The number of aryl methyl sites for hydroxylation is 2. The Morgan fingerprint density at radius 1 is 1.22 bits per heavy atom. The van der Waals surface area contributed by atoms with Crippen LogP contribution in [0.2, 0.25) is 0 Å². The molecule has 27 heavy (non-hydrogen) atoms. The van der Waals surface area contributed by atoms with Crippen LogP contribution in [0.15, 0.2) is 33.8 Å². The third-order valence-electron chi connectivity index (χ3n) is 4.71. The minimum atomic E-state index is 0.449. The summed E-state index contributed by atoms with van der Waals surface area (Å²) in [6.45, 7) is 10.6. The Morgan fingerprint density at radius 2 is 1.96 bits per heavy atom. The van der Waals surface area contributed by atoms with E-state index in [0.29, 0.717) is 5.92 Å². The van der Waals surface area contributed by atoms with Gasteiger partial charge < -0.3 is 19.9 Å². The molecule has 148 valence electrons. The van der Waals surface area contributed by atoms with Gasteiger partial charge in [0.1, 0.15) is 11.5 Å². The minimum absolute atomic E-state index is 0.449. The molecular weight excluding hydrogens is 340 g/mol. The average molecular weight is 373 g/mol. The van der Waals surface area contributed by atoms with Crippen molar-refractivity contribution in [1.82, 2.24) is 15.8 Å². The zero-order valence-electron chi connectivity index (χ0n) is 17.1. The molecule has 0 aliphatic heterocycles. The highest BCUT2D eigenvalue weighted by atomic mass is 16.5. The van der Waals surface area contributed by atoms with Crippen LogP contribution in [-0.4, -0.2) is 37.9 Å². The second-order valence-electron chi connectivity index (χ2n) is 6.70. The van der Waals surface area contributed by atoms with E-state index in [1.165, 1.54) is 11.1 Å². The van der Waals surface area contributed by atoms with E-state index in [1.807, 2.05) is 26.0 Å². The molecule has 0 saturated carbocycles. The molecule has 0 aliphatic rings. The van der Waals surface area contributed by atoms with Gasteiger partial charge in [-0.25, -0.2) is 0 Å². The summed E-state index contributed by atoms with van der Waals surface area (Å²) in [5.74, 6) is 3.08. The first-order chi connectivity index (χ1) is 13.0. The number of ether oxygens (including phenoxy) is 1. The van der Waals surface area contributed by atoms with E-state index in [4.69, 9.17) is 14.3 Å². The average Bonchev–Trinajstić information content (AvgIpc) is 3.00. The summed E-state index contributed by atoms with van der Waals surface area (Å²) in [7, 11) is 1.69. The molecule has 2 aromatic rings. The topological polar surface area (TPSA) is 71.7 Å². The van der Waals surface area contributed by atoms with Gasteiger partial charge in [-0.1, -0.05) is 24.2 Å². The van der Waals surface area contributed by atoms with Crippen molar-refractivity contribution in [2.75, 3.05) is 26.7 Å². The van der Waals surface area contributed by atoms with Crippen molar-refractivity contribution in [3.63, 3.8) is 0 Å². The Labute approximate surface area is 162 Å². The maximum Gasteiger partial charge on any atom is 0.191 e. The van der Waals surface area contributed by atoms with Gasteiger partial charge in [-0.2, -0.15) is 0 Å². The van der Waals surface area contributed by atoms with Crippen LogP contribution >= 0.6 is 0 Å². The zero-order chi connectivity index (χ0) is 19.6. The lowest BCUT2D eigenvalue weighted by Crippen LogP contribution is -2.38. The molecular formula is C21H32N4O2. The summed E-state index contributed by atoms with van der Waals surface area (Å²) in [5, 5.41) is 10.7. The summed E-state index contributed by atoms with van der Waals surface area (Å²) in [6, 6.07) is 8.27. The highest BCUT2D eigenvalue weighted by Gasteiger charge is 2.09. The fourth-order valence-corrected chi connectivity index (χ4v) is 2.98. The number of hydrogen-bond acceptors (Lipinski definition) is 4. The predicted molar refractivity (Wildman–Crippen MR) is 110 cm³/mol. The van der Waals surface area contributed by atoms with E-state index < -0.39 is 0 Å². The number of aliphatic imine (C=N–C) groups is 1. The number of nitrogens with zero attached hydrogens (tertiary/aromatic N) is 2. The summed E-state index contributed by atoms with van der Waals surface area (Å²) < 4.78 is 10.4. The fourth-order valence-electron chi connectivity index (χ4n) is 2.98. The minimum Gasteiger partial charge on any atom is -0.497 e. The van der Waals surface area contributed by atoms with Crippen LogP contribution < -0.4 is 15.4 Å². The van der Waals surface area contributed by atoms with E-state index in [1.54, 1.807) is 7.11 Å². The van der Waals surface area contributed by atoms with Gasteiger partial charge in [0.15, 0.2) is 5.96 Å². The Morgan fingerprint density at radius 3 is 2.56 bits per heavy atom. The van der Waals surface area contributed by atoms with E-state index >= 15 is 0 Å². The maximum atomic E-state index is 5.22. The first-order valence-electron chi connectivity index (χ1n) is 9.63. The molecule has 2 N–H and O–H groups in total. The van der Waals surface area contributed by atoms with Crippen molar-refractivity contribution in [2.24, 2.45) is 4.99 Å². The number of hydrogen-bond donors (Lipinski definition) is 2. The van der Waals surface area contributed by atoms with Crippen molar-refractivity contribution in [2.45, 2.75) is 46.5 Å². The Hall–Kier alpha value is -2.50. The molecule has 0 aliphatic carbocycles. The first kappa shape index (κ1) is 20.8. The third-order valence-corrected chi connectivity index (χ3v) is 4.71. The number of benzene rings is 1. The molecule has 1 aromatic carbocycles. The van der Waals surface area contributed by atoms with Crippen molar-refractivity contribution < 1.29 is 9.26 Å². The van der Waals surface area contributed by atoms with E-state index in [2.05, 4.69) is 41.8 Å². The van der Waals surface area contributed by atoms with Gasteiger partial charge in [0.05, 0.1) is 12.8 Å². The summed E-state index contributed by atoms with van der Waals surface area (Å²) in [4.78, 5) is 4.71. The van der Waals surface area contributed by atoms with Crippen LogP contribution in [0.4, 0.5) is 0 Å². The Balaban J connectivity index is 1.83. The van der Waals surface area contributed by atoms with Crippen molar-refractivity contribution in [3.05, 3.63) is 46.8 Å². The normalized spacial score (nSPS) is 12.7. The Kier molecular flexibility index (Phi) is 8.17. The number of aromatic nitrogens is 1. The van der Waals surface area contributed by atoms with Gasteiger partial charge in [-0.15, -0.1) is 0 Å². The number of methoxy groups -OCH3 is 1. The highest BCUT2D eigenvalue weighted by Crippen LogP contribution is 2.21. The molecule has 1 aromatic heterocycles. The Bertz CT molecular complexity index is 703. The summed E-state index contributed by atoms with van der Waals surface area (Å²) in [6.07, 6.45) is 1.86. The maximum absolute atomic E-state index is 5.22. The molecule has 2 rings (SSSR count). The molecule has 1 heterocycles. The number of guanidine groups is 1. The van der Waals surface area contributed by atoms with E-state index in [-0.39, 0.29) is 0 Å². The molecule has 1 atom stereocenters. The first-order valence-corrected chi connectivity index (χ1v) is 9.63. The quantitative estimate of drug-likeness (QED) is 0.520. The van der Waals surface area contributed by atoms with Gasteiger partial charge in [0, 0.05) is 25.2 Å². The molecule has 6 heteroatoms. The summed E-state index contributed by atoms with van der Waals surface area (Å²) >= 11 is 0. The molecule has 6 nitrogen and oxygen atoms in total. The lowest BCUT2D eigenvalue weighted by Gasteiger charge is -2.13. The molecule has 0 fully saturated rings. The highest BCUT2D eigenvalue weighted by molar-refractivity contribution is 5.79. The van der Waals surface area contributed by atoms with Crippen LogP contribution in [0.1, 0.15) is 48.8 Å². The molecule has 0 spiro atoms. The van der Waals surface area contributed by atoms with E-state index in [9.17, 15) is 0 Å². The number of nitrogens with one attached hydrogen (secondary N) is 2. The van der Waals surface area contributed by atoms with Crippen LogP contribution in [0, 0.1) is 13.8 Å². The summed E-state index contributed by atoms with van der Waals surface area (Å²) in [5.41, 5.74) is 3.44. The number of rotatable bonds is 9. The predicted octanol–water partition coefficient (Wildman–Crippen LogP) is 3.59. The van der Waals surface area contributed by atoms with Gasteiger partial charge in [-0.05, 0) is 57.2 Å². The van der Waals surface area contributed by atoms with Crippen LogP contribution in [0.5, 0.6) is 5.75 Å². The van der Waals surface area contributed by atoms with Crippen LogP contribution in [0.3, 0.4) is 0 Å². The van der Waals surface area contributed by atoms with Gasteiger partial charge in [0.25, 0.3) is 0 Å². The van der Waals surface area contributed by atoms with Crippen LogP contribution in [-0.2, 0) is 6.42 Å².